The summed E-state index contributed by atoms with van der Waals surface area (Å²) in [7, 11) is 0. The van der Waals surface area contributed by atoms with Gasteiger partial charge in [-0.3, -0.25) is 9.69 Å². The molecule has 0 aliphatic carbocycles. The molecule has 1 N–H and O–H groups in total. The molecule has 0 atom stereocenters. The maximum Gasteiger partial charge on any atom is 0.228 e. The summed E-state index contributed by atoms with van der Waals surface area (Å²) in [6, 6.07) is 26.5. The molecular weight excluding hydrogens is 398 g/mol. The van der Waals surface area contributed by atoms with Gasteiger partial charge in [0.15, 0.2) is 0 Å². The third-order valence-electron chi connectivity index (χ3n) is 5.74. The van der Waals surface area contributed by atoms with Crippen LogP contribution >= 0.6 is 0 Å². The highest BCUT2D eigenvalue weighted by Gasteiger charge is 2.17. The van der Waals surface area contributed by atoms with Crippen LogP contribution in [0.25, 0.3) is 0 Å². The van der Waals surface area contributed by atoms with E-state index < -0.39 is 0 Å². The Kier molecular flexibility index (Phi) is 7.41. The molecule has 1 fully saturated rings. The molecule has 0 unspecified atom stereocenters. The van der Waals surface area contributed by atoms with Gasteiger partial charge in [0, 0.05) is 44.1 Å². The van der Waals surface area contributed by atoms with Gasteiger partial charge in [0.2, 0.25) is 5.91 Å². The van der Waals surface area contributed by atoms with Gasteiger partial charge in [-0.05, 0) is 54.4 Å². The normalized spacial score (nSPS) is 14.2. The quantitative estimate of drug-likeness (QED) is 0.569. The first-order chi connectivity index (χ1) is 15.7. The lowest BCUT2D eigenvalue weighted by Crippen LogP contribution is -2.45. The van der Waals surface area contributed by atoms with Crippen LogP contribution in [-0.2, 0) is 17.8 Å². The first kappa shape index (κ1) is 21.9. The molecule has 1 aliphatic rings. The van der Waals surface area contributed by atoms with Crippen molar-refractivity contribution in [2.45, 2.75) is 19.9 Å². The van der Waals surface area contributed by atoms with E-state index in [4.69, 9.17) is 4.74 Å². The summed E-state index contributed by atoms with van der Waals surface area (Å²) in [5.41, 5.74) is 4.36. The van der Waals surface area contributed by atoms with Crippen LogP contribution < -0.4 is 15.0 Å². The SMILES string of the molecule is CCOc1ccc(CC(=O)Nc2ccc(N3CCN(Cc4ccccc4)CC3)cc2)cc1. The fourth-order valence-electron chi connectivity index (χ4n) is 4.02. The summed E-state index contributed by atoms with van der Waals surface area (Å²) in [6.07, 6.45) is 0.345. The predicted octanol–water partition coefficient (Wildman–Crippen LogP) is 4.59. The van der Waals surface area contributed by atoms with Crippen molar-refractivity contribution in [1.82, 2.24) is 4.90 Å². The molecule has 1 heterocycles. The smallest absolute Gasteiger partial charge is 0.228 e. The van der Waals surface area contributed by atoms with Gasteiger partial charge in [-0.15, -0.1) is 0 Å². The number of nitrogens with zero attached hydrogens (tertiary/aromatic N) is 2. The molecule has 0 saturated carbocycles. The fraction of sp³-hybridized carbons (Fsp3) is 0.296. The van der Waals surface area contributed by atoms with Crippen LogP contribution in [0.4, 0.5) is 11.4 Å². The molecule has 32 heavy (non-hydrogen) atoms. The Morgan fingerprint density at radius 2 is 1.53 bits per heavy atom. The molecule has 0 bridgehead atoms. The van der Waals surface area contributed by atoms with Gasteiger partial charge >= 0.3 is 0 Å². The van der Waals surface area contributed by atoms with Crippen LogP contribution in [0, 0.1) is 0 Å². The van der Waals surface area contributed by atoms with Crippen LogP contribution in [0.1, 0.15) is 18.1 Å². The zero-order valence-electron chi connectivity index (χ0n) is 18.7. The average Bonchev–Trinajstić information content (AvgIpc) is 2.82. The molecule has 3 aromatic carbocycles. The molecule has 5 nitrogen and oxygen atoms in total. The lowest BCUT2D eigenvalue weighted by atomic mass is 10.1. The zero-order chi connectivity index (χ0) is 22.2. The number of amides is 1. The molecule has 0 aromatic heterocycles. The number of ether oxygens (including phenoxy) is 1. The van der Waals surface area contributed by atoms with E-state index in [0.29, 0.717) is 13.0 Å². The van der Waals surface area contributed by atoms with Crippen molar-refractivity contribution in [3.05, 3.63) is 90.0 Å². The molecule has 1 saturated heterocycles. The fourth-order valence-corrected chi connectivity index (χ4v) is 4.02. The lowest BCUT2D eigenvalue weighted by Gasteiger charge is -2.36. The van der Waals surface area contributed by atoms with Crippen LogP contribution in [0.3, 0.4) is 0 Å². The molecule has 4 rings (SSSR count). The monoisotopic (exact) mass is 429 g/mol. The number of benzene rings is 3. The van der Waals surface area contributed by atoms with Crippen LogP contribution in [0.2, 0.25) is 0 Å². The Balaban J connectivity index is 1.24. The number of hydrogen-bond donors (Lipinski definition) is 1. The highest BCUT2D eigenvalue weighted by Crippen LogP contribution is 2.21. The molecule has 166 valence electrons. The third kappa shape index (κ3) is 6.11. The minimum Gasteiger partial charge on any atom is -0.494 e. The molecule has 1 aliphatic heterocycles. The lowest BCUT2D eigenvalue weighted by molar-refractivity contribution is -0.115. The molecular formula is C27H31N3O2. The van der Waals surface area contributed by atoms with Crippen molar-refractivity contribution >= 4 is 17.3 Å². The predicted molar refractivity (Wildman–Crippen MR) is 130 cm³/mol. The van der Waals surface area contributed by atoms with Gasteiger partial charge in [-0.2, -0.15) is 0 Å². The summed E-state index contributed by atoms with van der Waals surface area (Å²) in [4.78, 5) is 17.3. The number of piperazine rings is 1. The van der Waals surface area contributed by atoms with Gasteiger partial charge in [-0.25, -0.2) is 0 Å². The highest BCUT2D eigenvalue weighted by atomic mass is 16.5. The van der Waals surface area contributed by atoms with E-state index in [2.05, 4.69) is 57.6 Å². The summed E-state index contributed by atoms with van der Waals surface area (Å²) >= 11 is 0. The number of hydrogen-bond acceptors (Lipinski definition) is 4. The van der Waals surface area contributed by atoms with E-state index in [0.717, 1.165) is 49.7 Å². The van der Waals surface area contributed by atoms with Crippen molar-refractivity contribution in [3.8, 4) is 5.75 Å². The number of carbonyl (C=O) groups excluding carboxylic acids is 1. The Labute approximate surface area is 190 Å². The second-order valence-corrected chi connectivity index (χ2v) is 8.10. The minimum atomic E-state index is -0.0172. The number of anilines is 2. The van der Waals surface area contributed by atoms with Crippen molar-refractivity contribution < 1.29 is 9.53 Å². The van der Waals surface area contributed by atoms with Gasteiger partial charge in [0.25, 0.3) is 0 Å². The summed E-state index contributed by atoms with van der Waals surface area (Å²) in [6.45, 7) is 7.73. The van der Waals surface area contributed by atoms with Gasteiger partial charge < -0.3 is 15.0 Å². The Morgan fingerprint density at radius 1 is 0.844 bits per heavy atom. The standard InChI is InChI=1S/C27H31N3O2/c1-2-32-26-14-8-22(9-15-26)20-27(31)28-24-10-12-25(13-11-24)30-18-16-29(17-19-30)21-23-6-4-3-5-7-23/h3-15H,2,16-21H2,1H3,(H,28,31). The van der Waals surface area contributed by atoms with Gasteiger partial charge in [0.1, 0.15) is 5.75 Å². The minimum absolute atomic E-state index is 0.0172. The van der Waals surface area contributed by atoms with Crippen molar-refractivity contribution in [2.75, 3.05) is 43.0 Å². The van der Waals surface area contributed by atoms with E-state index in [1.54, 1.807) is 0 Å². The maximum atomic E-state index is 12.4. The van der Waals surface area contributed by atoms with Crippen molar-refractivity contribution in [2.24, 2.45) is 0 Å². The van der Waals surface area contributed by atoms with Gasteiger partial charge in [-0.1, -0.05) is 42.5 Å². The average molecular weight is 430 g/mol. The first-order valence-corrected chi connectivity index (χ1v) is 11.3. The number of rotatable bonds is 8. The third-order valence-corrected chi connectivity index (χ3v) is 5.74. The first-order valence-electron chi connectivity index (χ1n) is 11.3. The Hall–Kier alpha value is -3.31. The van der Waals surface area contributed by atoms with Gasteiger partial charge in [0.05, 0.1) is 13.0 Å². The van der Waals surface area contributed by atoms with Crippen molar-refractivity contribution in [3.63, 3.8) is 0 Å². The summed E-state index contributed by atoms with van der Waals surface area (Å²) < 4.78 is 5.45. The summed E-state index contributed by atoms with van der Waals surface area (Å²) in [5, 5.41) is 3.00. The van der Waals surface area contributed by atoms with E-state index in [-0.39, 0.29) is 5.91 Å². The second-order valence-electron chi connectivity index (χ2n) is 8.10. The zero-order valence-corrected chi connectivity index (χ0v) is 18.7. The highest BCUT2D eigenvalue weighted by molar-refractivity contribution is 5.92. The Bertz CT molecular complexity index is 980. The molecule has 1 amide bonds. The largest absolute Gasteiger partial charge is 0.494 e. The van der Waals surface area contributed by atoms with Crippen LogP contribution in [0.5, 0.6) is 5.75 Å². The van der Waals surface area contributed by atoms with E-state index in [1.807, 2.05) is 43.3 Å². The van der Waals surface area contributed by atoms with E-state index in [1.165, 1.54) is 11.3 Å². The van der Waals surface area contributed by atoms with Crippen molar-refractivity contribution in [1.29, 1.82) is 0 Å². The molecule has 5 heteroatoms. The number of nitrogens with one attached hydrogen (secondary N) is 1. The van der Waals surface area contributed by atoms with E-state index >= 15 is 0 Å². The number of carbonyl (C=O) groups is 1. The van der Waals surface area contributed by atoms with E-state index in [9.17, 15) is 4.79 Å². The molecule has 0 radical (unpaired) electrons. The summed E-state index contributed by atoms with van der Waals surface area (Å²) in [5.74, 6) is 0.810. The molecule has 3 aromatic rings. The topological polar surface area (TPSA) is 44.8 Å². The second kappa shape index (κ2) is 10.8. The Morgan fingerprint density at radius 3 is 2.19 bits per heavy atom. The maximum absolute atomic E-state index is 12.4. The van der Waals surface area contributed by atoms with Crippen LogP contribution in [-0.4, -0.2) is 43.6 Å². The molecule has 0 spiro atoms. The van der Waals surface area contributed by atoms with Crippen LogP contribution in [0.15, 0.2) is 78.9 Å².